The van der Waals surface area contributed by atoms with Crippen LogP contribution < -0.4 is 10.7 Å². The lowest BCUT2D eigenvalue weighted by atomic mass is 10.1. The summed E-state index contributed by atoms with van der Waals surface area (Å²) in [6.45, 7) is 3.69. The SMILES string of the molecule is C/C(=N/NC(=O)[C@@H](C)Nc1ccc2ccccc2c1)c1ccccc1. The Morgan fingerprint density at radius 1 is 0.920 bits per heavy atom. The fourth-order valence-corrected chi connectivity index (χ4v) is 2.57. The molecule has 126 valence electrons. The highest BCUT2D eigenvalue weighted by atomic mass is 16.2. The molecule has 0 aliphatic carbocycles. The van der Waals surface area contributed by atoms with Crippen LogP contribution in [0.3, 0.4) is 0 Å². The van der Waals surface area contributed by atoms with E-state index in [0.717, 1.165) is 22.3 Å². The van der Waals surface area contributed by atoms with Gasteiger partial charge in [-0.05, 0) is 42.3 Å². The van der Waals surface area contributed by atoms with Gasteiger partial charge in [0.1, 0.15) is 6.04 Å². The van der Waals surface area contributed by atoms with Crippen molar-refractivity contribution in [3.63, 3.8) is 0 Å². The number of carbonyl (C=O) groups is 1. The van der Waals surface area contributed by atoms with Gasteiger partial charge in [0.25, 0.3) is 5.91 Å². The quantitative estimate of drug-likeness (QED) is 0.544. The minimum absolute atomic E-state index is 0.177. The van der Waals surface area contributed by atoms with Gasteiger partial charge >= 0.3 is 0 Å². The molecule has 0 spiro atoms. The normalized spacial score (nSPS) is 12.6. The van der Waals surface area contributed by atoms with Gasteiger partial charge in [0, 0.05) is 5.69 Å². The monoisotopic (exact) mass is 331 g/mol. The molecule has 0 bridgehead atoms. The fourth-order valence-electron chi connectivity index (χ4n) is 2.57. The molecule has 0 unspecified atom stereocenters. The first kappa shape index (κ1) is 16.7. The molecule has 3 rings (SSSR count). The van der Waals surface area contributed by atoms with Gasteiger partial charge < -0.3 is 5.32 Å². The third-order valence-electron chi connectivity index (χ3n) is 4.05. The molecule has 1 amide bonds. The van der Waals surface area contributed by atoms with E-state index >= 15 is 0 Å². The van der Waals surface area contributed by atoms with Crippen LogP contribution in [-0.2, 0) is 4.79 Å². The van der Waals surface area contributed by atoms with Crippen molar-refractivity contribution in [3.05, 3.63) is 78.4 Å². The van der Waals surface area contributed by atoms with Crippen LogP contribution in [0.1, 0.15) is 19.4 Å². The molecule has 0 saturated carbocycles. The molecule has 0 fully saturated rings. The van der Waals surface area contributed by atoms with E-state index in [1.165, 1.54) is 5.39 Å². The third-order valence-corrected chi connectivity index (χ3v) is 4.05. The summed E-state index contributed by atoms with van der Waals surface area (Å²) in [7, 11) is 0. The highest BCUT2D eigenvalue weighted by Crippen LogP contribution is 2.19. The Hall–Kier alpha value is -3.14. The summed E-state index contributed by atoms with van der Waals surface area (Å²) in [5, 5.41) is 9.71. The number of nitrogens with one attached hydrogen (secondary N) is 2. The molecule has 0 aliphatic rings. The van der Waals surface area contributed by atoms with Crippen LogP contribution in [0.15, 0.2) is 77.9 Å². The first-order valence-electron chi connectivity index (χ1n) is 8.28. The summed E-state index contributed by atoms with van der Waals surface area (Å²) in [5.74, 6) is -0.177. The standard InChI is InChI=1S/C21H21N3O/c1-15(17-8-4-3-5-9-17)23-24-21(25)16(2)22-20-13-12-18-10-6-7-11-19(18)14-20/h3-14,16,22H,1-2H3,(H,24,25)/b23-15-/t16-/m1/s1. The summed E-state index contributed by atoms with van der Waals surface area (Å²) in [6.07, 6.45) is 0. The maximum absolute atomic E-state index is 12.3. The fraction of sp³-hybridized carbons (Fsp3) is 0.143. The second kappa shape index (κ2) is 7.62. The summed E-state index contributed by atoms with van der Waals surface area (Å²) in [6, 6.07) is 23.6. The molecule has 25 heavy (non-hydrogen) atoms. The Morgan fingerprint density at radius 2 is 1.60 bits per heavy atom. The van der Waals surface area contributed by atoms with E-state index in [1.807, 2.05) is 74.5 Å². The van der Waals surface area contributed by atoms with Crippen LogP contribution in [-0.4, -0.2) is 17.7 Å². The molecule has 3 aromatic carbocycles. The molecule has 4 heteroatoms. The first-order chi connectivity index (χ1) is 12.1. The van der Waals surface area contributed by atoms with Crippen molar-refractivity contribution in [2.24, 2.45) is 5.10 Å². The second-order valence-electron chi connectivity index (χ2n) is 5.97. The maximum atomic E-state index is 12.3. The Morgan fingerprint density at radius 3 is 2.36 bits per heavy atom. The maximum Gasteiger partial charge on any atom is 0.262 e. The van der Waals surface area contributed by atoms with Crippen molar-refractivity contribution in [2.75, 3.05) is 5.32 Å². The average molecular weight is 331 g/mol. The van der Waals surface area contributed by atoms with E-state index in [2.05, 4.69) is 28.0 Å². The van der Waals surface area contributed by atoms with Gasteiger partial charge in [-0.3, -0.25) is 4.79 Å². The van der Waals surface area contributed by atoms with Gasteiger partial charge in [-0.25, -0.2) is 5.43 Å². The zero-order valence-corrected chi connectivity index (χ0v) is 14.4. The van der Waals surface area contributed by atoms with E-state index < -0.39 is 6.04 Å². The van der Waals surface area contributed by atoms with E-state index in [9.17, 15) is 4.79 Å². The largest absolute Gasteiger partial charge is 0.374 e. The molecular weight excluding hydrogens is 310 g/mol. The first-order valence-corrected chi connectivity index (χ1v) is 8.28. The molecule has 0 aliphatic heterocycles. The number of anilines is 1. The van der Waals surface area contributed by atoms with Crippen molar-refractivity contribution >= 4 is 28.1 Å². The van der Waals surface area contributed by atoms with Crippen molar-refractivity contribution in [3.8, 4) is 0 Å². The number of carbonyl (C=O) groups excluding carboxylic acids is 1. The van der Waals surface area contributed by atoms with E-state index in [1.54, 1.807) is 0 Å². The number of fused-ring (bicyclic) bond motifs is 1. The van der Waals surface area contributed by atoms with Gasteiger partial charge in [-0.1, -0.05) is 60.7 Å². The number of hydrazone groups is 1. The Bertz CT molecular complexity index is 903. The summed E-state index contributed by atoms with van der Waals surface area (Å²) in [4.78, 5) is 12.3. The number of rotatable bonds is 5. The van der Waals surface area contributed by atoms with Gasteiger partial charge in [0.15, 0.2) is 0 Å². The van der Waals surface area contributed by atoms with Crippen LogP contribution in [0, 0.1) is 0 Å². The van der Waals surface area contributed by atoms with E-state index in [4.69, 9.17) is 0 Å². The third kappa shape index (κ3) is 4.23. The van der Waals surface area contributed by atoms with Crippen LogP contribution in [0.4, 0.5) is 5.69 Å². The number of nitrogens with zero attached hydrogens (tertiary/aromatic N) is 1. The summed E-state index contributed by atoms with van der Waals surface area (Å²) < 4.78 is 0. The number of amides is 1. The molecule has 1 atom stereocenters. The van der Waals surface area contributed by atoms with Crippen molar-refractivity contribution in [2.45, 2.75) is 19.9 Å². The van der Waals surface area contributed by atoms with Gasteiger partial charge in [0.2, 0.25) is 0 Å². The lowest BCUT2D eigenvalue weighted by molar-refractivity contribution is -0.121. The highest BCUT2D eigenvalue weighted by Gasteiger charge is 2.12. The van der Waals surface area contributed by atoms with Crippen molar-refractivity contribution < 1.29 is 4.79 Å². The summed E-state index contributed by atoms with van der Waals surface area (Å²) >= 11 is 0. The van der Waals surface area contributed by atoms with Crippen LogP contribution in [0.2, 0.25) is 0 Å². The number of hydrogen-bond acceptors (Lipinski definition) is 3. The molecule has 0 heterocycles. The van der Waals surface area contributed by atoms with Crippen LogP contribution in [0.25, 0.3) is 10.8 Å². The minimum Gasteiger partial charge on any atom is -0.374 e. The summed E-state index contributed by atoms with van der Waals surface area (Å²) in [5.41, 5.74) is 5.29. The van der Waals surface area contributed by atoms with Gasteiger partial charge in [-0.15, -0.1) is 0 Å². The Kier molecular flexibility index (Phi) is 5.09. The lowest BCUT2D eigenvalue weighted by Crippen LogP contribution is -2.35. The molecular formula is C21H21N3O. The Balaban J connectivity index is 1.63. The Labute approximate surface area is 147 Å². The molecule has 0 aromatic heterocycles. The van der Waals surface area contributed by atoms with Crippen molar-refractivity contribution in [1.29, 1.82) is 0 Å². The van der Waals surface area contributed by atoms with Gasteiger partial charge in [-0.2, -0.15) is 5.10 Å². The number of hydrogen-bond donors (Lipinski definition) is 2. The predicted octanol–water partition coefficient (Wildman–Crippen LogP) is 4.18. The zero-order valence-electron chi connectivity index (χ0n) is 14.4. The van der Waals surface area contributed by atoms with E-state index in [-0.39, 0.29) is 5.91 Å². The zero-order chi connectivity index (χ0) is 17.6. The second-order valence-corrected chi connectivity index (χ2v) is 5.97. The predicted molar refractivity (Wildman–Crippen MR) is 104 cm³/mol. The van der Waals surface area contributed by atoms with Crippen molar-refractivity contribution in [1.82, 2.24) is 5.43 Å². The lowest BCUT2D eigenvalue weighted by Gasteiger charge is -2.14. The smallest absolute Gasteiger partial charge is 0.262 e. The van der Waals surface area contributed by atoms with Gasteiger partial charge in [0.05, 0.1) is 5.71 Å². The highest BCUT2D eigenvalue weighted by molar-refractivity contribution is 5.99. The molecule has 2 N–H and O–H groups in total. The number of benzene rings is 3. The molecule has 3 aromatic rings. The minimum atomic E-state index is -0.395. The topological polar surface area (TPSA) is 53.5 Å². The molecule has 4 nitrogen and oxygen atoms in total. The van der Waals surface area contributed by atoms with Crippen LogP contribution >= 0.6 is 0 Å². The van der Waals surface area contributed by atoms with E-state index in [0.29, 0.717) is 0 Å². The van der Waals surface area contributed by atoms with Crippen LogP contribution in [0.5, 0.6) is 0 Å². The molecule has 0 radical (unpaired) electrons. The average Bonchev–Trinajstić information content (AvgIpc) is 2.66. The molecule has 0 saturated heterocycles.